The van der Waals surface area contributed by atoms with E-state index in [9.17, 15) is 18.0 Å². The molecule has 2 aromatic heterocycles. The zero-order valence-corrected chi connectivity index (χ0v) is 16.4. The lowest BCUT2D eigenvalue weighted by Gasteiger charge is -2.34. The maximum absolute atomic E-state index is 12.6. The van der Waals surface area contributed by atoms with Gasteiger partial charge in [0.05, 0.1) is 11.4 Å². The molecule has 3 heterocycles. The lowest BCUT2D eigenvalue weighted by molar-refractivity contribution is -0.274. The molecule has 0 spiro atoms. The quantitative estimate of drug-likeness (QED) is 0.625. The van der Waals surface area contributed by atoms with Gasteiger partial charge in [0.2, 0.25) is 11.9 Å². The fourth-order valence-corrected chi connectivity index (χ4v) is 3.48. The molecule has 4 rings (SSSR count). The number of ether oxygens (including phenoxy) is 1. The third kappa shape index (κ3) is 4.59. The van der Waals surface area contributed by atoms with Crippen molar-refractivity contribution in [1.82, 2.24) is 19.5 Å². The predicted octanol–water partition coefficient (Wildman–Crippen LogP) is 3.17. The van der Waals surface area contributed by atoms with Gasteiger partial charge >= 0.3 is 6.36 Å². The Bertz CT molecular complexity index is 1050. The lowest BCUT2D eigenvalue weighted by Crippen LogP contribution is -2.49. The standard InChI is InChI=1S/C19H17ClF3N5O2/c20-14-3-6-16-24-25-18(28(16)12-14)27-9-7-26(8-10-27)17(29)11-13-1-4-15(5-2-13)30-19(21,22)23/h1-6,12H,7-11H2. The first kappa shape index (κ1) is 20.3. The Labute approximate surface area is 174 Å². The molecular formula is C19H17ClF3N5O2. The van der Waals surface area contributed by atoms with Gasteiger partial charge in [-0.25, -0.2) is 0 Å². The van der Waals surface area contributed by atoms with Gasteiger partial charge in [0.25, 0.3) is 0 Å². The van der Waals surface area contributed by atoms with Crippen LogP contribution < -0.4 is 9.64 Å². The van der Waals surface area contributed by atoms with Gasteiger partial charge in [0.15, 0.2) is 5.65 Å². The van der Waals surface area contributed by atoms with Crippen molar-refractivity contribution in [1.29, 1.82) is 0 Å². The Morgan fingerprint density at radius 3 is 2.40 bits per heavy atom. The Kier molecular flexibility index (Phi) is 5.42. The average Bonchev–Trinajstić information content (AvgIpc) is 3.11. The first-order valence-electron chi connectivity index (χ1n) is 9.16. The van der Waals surface area contributed by atoms with Crippen LogP contribution in [0.4, 0.5) is 19.1 Å². The molecule has 1 aromatic carbocycles. The van der Waals surface area contributed by atoms with Crippen LogP contribution in [-0.4, -0.2) is 57.9 Å². The van der Waals surface area contributed by atoms with Crippen LogP contribution in [0.15, 0.2) is 42.6 Å². The largest absolute Gasteiger partial charge is 0.573 e. The molecule has 1 saturated heterocycles. The number of carbonyl (C=O) groups excluding carboxylic acids is 1. The number of carbonyl (C=O) groups is 1. The van der Waals surface area contributed by atoms with Crippen LogP contribution in [0, 0.1) is 0 Å². The van der Waals surface area contributed by atoms with Crippen LogP contribution in [0.1, 0.15) is 5.56 Å². The number of rotatable bonds is 4. The van der Waals surface area contributed by atoms with Gasteiger partial charge in [-0.05, 0) is 29.8 Å². The molecule has 11 heteroatoms. The number of pyridine rings is 1. The number of halogens is 4. The van der Waals surface area contributed by atoms with E-state index in [0.29, 0.717) is 48.4 Å². The summed E-state index contributed by atoms with van der Waals surface area (Å²) in [5.41, 5.74) is 1.31. The number of benzene rings is 1. The minimum atomic E-state index is -4.74. The second-order valence-electron chi connectivity index (χ2n) is 6.81. The molecular weight excluding hydrogens is 423 g/mol. The number of anilines is 1. The molecule has 1 aliphatic rings. The second kappa shape index (κ2) is 8.02. The predicted molar refractivity (Wildman–Crippen MR) is 104 cm³/mol. The van der Waals surface area contributed by atoms with Crippen LogP contribution in [0.25, 0.3) is 5.65 Å². The summed E-state index contributed by atoms with van der Waals surface area (Å²) in [6, 6.07) is 8.85. The number of aromatic nitrogens is 3. The summed E-state index contributed by atoms with van der Waals surface area (Å²) >= 11 is 6.06. The number of hydrogen-bond acceptors (Lipinski definition) is 5. The van der Waals surface area contributed by atoms with E-state index in [1.807, 2.05) is 9.30 Å². The molecule has 0 saturated carbocycles. The summed E-state index contributed by atoms with van der Waals surface area (Å²) < 4.78 is 42.3. The highest BCUT2D eigenvalue weighted by molar-refractivity contribution is 6.30. The Balaban J connectivity index is 1.34. The van der Waals surface area contributed by atoms with Crippen molar-refractivity contribution in [3.63, 3.8) is 0 Å². The third-order valence-corrected chi connectivity index (χ3v) is 5.00. The van der Waals surface area contributed by atoms with E-state index >= 15 is 0 Å². The van der Waals surface area contributed by atoms with E-state index in [2.05, 4.69) is 14.9 Å². The van der Waals surface area contributed by atoms with Crippen molar-refractivity contribution in [2.24, 2.45) is 0 Å². The highest BCUT2D eigenvalue weighted by Gasteiger charge is 2.31. The van der Waals surface area contributed by atoms with Gasteiger partial charge in [0.1, 0.15) is 5.75 Å². The van der Waals surface area contributed by atoms with Crippen LogP contribution >= 0.6 is 11.6 Å². The minimum Gasteiger partial charge on any atom is -0.406 e. The highest BCUT2D eigenvalue weighted by atomic mass is 35.5. The Morgan fingerprint density at radius 1 is 1.03 bits per heavy atom. The van der Waals surface area contributed by atoms with E-state index in [-0.39, 0.29) is 18.1 Å². The maximum atomic E-state index is 12.6. The van der Waals surface area contributed by atoms with Crippen LogP contribution in [0.5, 0.6) is 5.75 Å². The van der Waals surface area contributed by atoms with E-state index in [1.165, 1.54) is 24.3 Å². The fraction of sp³-hybridized carbons (Fsp3) is 0.316. The van der Waals surface area contributed by atoms with E-state index in [1.54, 1.807) is 23.2 Å². The number of amides is 1. The van der Waals surface area contributed by atoms with Gasteiger partial charge in [0, 0.05) is 32.4 Å². The summed E-state index contributed by atoms with van der Waals surface area (Å²) in [6.07, 6.45) is -2.89. The van der Waals surface area contributed by atoms with Crippen molar-refractivity contribution in [3.05, 3.63) is 53.2 Å². The lowest BCUT2D eigenvalue weighted by atomic mass is 10.1. The average molecular weight is 440 g/mol. The molecule has 3 aromatic rings. The van der Waals surface area contributed by atoms with E-state index in [4.69, 9.17) is 11.6 Å². The number of nitrogens with zero attached hydrogens (tertiary/aromatic N) is 5. The number of hydrogen-bond donors (Lipinski definition) is 0. The second-order valence-corrected chi connectivity index (χ2v) is 7.25. The van der Waals surface area contributed by atoms with Crippen molar-refractivity contribution >= 4 is 29.1 Å². The maximum Gasteiger partial charge on any atom is 0.573 e. The number of fused-ring (bicyclic) bond motifs is 1. The molecule has 0 aliphatic carbocycles. The van der Waals surface area contributed by atoms with Crippen molar-refractivity contribution in [3.8, 4) is 5.75 Å². The van der Waals surface area contributed by atoms with Crippen LogP contribution in [-0.2, 0) is 11.2 Å². The fourth-order valence-electron chi connectivity index (χ4n) is 3.32. The third-order valence-electron chi connectivity index (χ3n) is 4.78. The summed E-state index contributed by atoms with van der Waals surface area (Å²) in [4.78, 5) is 16.3. The van der Waals surface area contributed by atoms with Gasteiger partial charge in [-0.3, -0.25) is 9.20 Å². The molecule has 1 fully saturated rings. The topological polar surface area (TPSA) is 63.0 Å². The van der Waals surface area contributed by atoms with E-state index in [0.717, 1.165) is 0 Å². The van der Waals surface area contributed by atoms with Gasteiger partial charge < -0.3 is 14.5 Å². The molecule has 0 radical (unpaired) electrons. The normalized spacial score (nSPS) is 14.9. The zero-order valence-electron chi connectivity index (χ0n) is 15.6. The van der Waals surface area contributed by atoms with Gasteiger partial charge in [-0.1, -0.05) is 23.7 Å². The first-order chi connectivity index (χ1) is 14.3. The van der Waals surface area contributed by atoms with Gasteiger partial charge in [-0.2, -0.15) is 0 Å². The molecule has 0 N–H and O–H groups in total. The molecule has 7 nitrogen and oxygen atoms in total. The molecule has 158 valence electrons. The smallest absolute Gasteiger partial charge is 0.406 e. The van der Waals surface area contributed by atoms with Crippen molar-refractivity contribution in [2.45, 2.75) is 12.8 Å². The summed E-state index contributed by atoms with van der Waals surface area (Å²) in [6.45, 7) is 2.17. The molecule has 0 atom stereocenters. The van der Waals surface area contributed by atoms with Crippen molar-refractivity contribution < 1.29 is 22.7 Å². The molecule has 30 heavy (non-hydrogen) atoms. The highest BCUT2D eigenvalue weighted by Crippen LogP contribution is 2.23. The Hall–Kier alpha value is -3.01. The first-order valence-corrected chi connectivity index (χ1v) is 9.54. The zero-order chi connectivity index (χ0) is 21.3. The molecule has 1 aliphatic heterocycles. The minimum absolute atomic E-state index is 0.0896. The van der Waals surface area contributed by atoms with Gasteiger partial charge in [-0.15, -0.1) is 23.4 Å². The molecule has 0 unspecified atom stereocenters. The monoisotopic (exact) mass is 439 g/mol. The summed E-state index contributed by atoms with van der Waals surface area (Å²) in [5.74, 6) is 0.265. The number of piperazine rings is 1. The SMILES string of the molecule is O=C(Cc1ccc(OC(F)(F)F)cc1)N1CCN(c2nnc3ccc(Cl)cn23)CC1. The number of alkyl halides is 3. The van der Waals surface area contributed by atoms with E-state index < -0.39 is 6.36 Å². The molecule has 1 amide bonds. The summed E-state index contributed by atoms with van der Waals surface area (Å²) in [5, 5.41) is 8.91. The Morgan fingerprint density at radius 2 is 1.73 bits per heavy atom. The molecule has 0 bridgehead atoms. The van der Waals surface area contributed by atoms with Crippen LogP contribution in [0.2, 0.25) is 5.02 Å². The van der Waals surface area contributed by atoms with Crippen molar-refractivity contribution in [2.75, 3.05) is 31.1 Å². The summed E-state index contributed by atoms with van der Waals surface area (Å²) in [7, 11) is 0. The van der Waals surface area contributed by atoms with Crippen LogP contribution in [0.3, 0.4) is 0 Å².